The number of halogens is 1. The lowest BCUT2D eigenvalue weighted by Crippen LogP contribution is -2.07. The standard InChI is InChI=1S/C15H19ClN4O/c1-8(2)13-14(17)18-7-19-15(13)20-11-5-9(3)10(16)6-12(11)21-4/h5-8H,1-4H3,(H3,17,18,19,20). The molecule has 0 unspecified atom stereocenters. The maximum absolute atomic E-state index is 6.12. The predicted octanol–water partition coefficient (Wildman–Crippen LogP) is 3.90. The first kappa shape index (κ1) is 15.4. The molecule has 0 bridgehead atoms. The lowest BCUT2D eigenvalue weighted by Gasteiger charge is -2.17. The zero-order valence-corrected chi connectivity index (χ0v) is 13.3. The van der Waals surface area contributed by atoms with Crippen LogP contribution in [0.1, 0.15) is 30.9 Å². The number of hydrogen-bond acceptors (Lipinski definition) is 5. The van der Waals surface area contributed by atoms with E-state index in [1.165, 1.54) is 6.33 Å². The van der Waals surface area contributed by atoms with Crippen LogP contribution in [0.2, 0.25) is 5.02 Å². The molecule has 0 spiro atoms. The van der Waals surface area contributed by atoms with Crippen LogP contribution in [0.3, 0.4) is 0 Å². The van der Waals surface area contributed by atoms with Crippen LogP contribution in [0.5, 0.6) is 5.75 Å². The highest BCUT2D eigenvalue weighted by atomic mass is 35.5. The Morgan fingerprint density at radius 3 is 2.62 bits per heavy atom. The minimum atomic E-state index is 0.202. The number of nitrogen functional groups attached to an aromatic ring is 1. The van der Waals surface area contributed by atoms with E-state index in [1.807, 2.05) is 26.8 Å². The quantitative estimate of drug-likeness (QED) is 0.896. The Hall–Kier alpha value is -2.01. The van der Waals surface area contributed by atoms with Crippen LogP contribution in [-0.2, 0) is 0 Å². The number of anilines is 3. The minimum Gasteiger partial charge on any atom is -0.495 e. The zero-order valence-electron chi connectivity index (χ0n) is 12.6. The van der Waals surface area contributed by atoms with Gasteiger partial charge in [0.15, 0.2) is 0 Å². The second-order valence-corrected chi connectivity index (χ2v) is 5.51. The number of methoxy groups -OCH3 is 1. The zero-order chi connectivity index (χ0) is 15.6. The Bertz CT molecular complexity index is 658. The average molecular weight is 307 g/mol. The third kappa shape index (κ3) is 3.19. The third-order valence-electron chi connectivity index (χ3n) is 3.23. The number of aryl methyl sites for hydroxylation is 1. The van der Waals surface area contributed by atoms with Crippen molar-refractivity contribution in [3.8, 4) is 5.75 Å². The summed E-state index contributed by atoms with van der Waals surface area (Å²) >= 11 is 6.12. The molecule has 5 nitrogen and oxygen atoms in total. The fourth-order valence-electron chi connectivity index (χ4n) is 2.14. The molecule has 0 aliphatic rings. The summed E-state index contributed by atoms with van der Waals surface area (Å²) in [6.07, 6.45) is 1.44. The van der Waals surface area contributed by atoms with Crippen LogP contribution in [0.15, 0.2) is 18.5 Å². The summed E-state index contributed by atoms with van der Waals surface area (Å²) in [5, 5.41) is 3.92. The van der Waals surface area contributed by atoms with Gasteiger partial charge in [-0.05, 0) is 24.5 Å². The summed E-state index contributed by atoms with van der Waals surface area (Å²) < 4.78 is 5.36. The molecule has 3 N–H and O–H groups in total. The van der Waals surface area contributed by atoms with Crippen molar-refractivity contribution in [1.29, 1.82) is 0 Å². The molecular weight excluding hydrogens is 288 g/mol. The van der Waals surface area contributed by atoms with E-state index in [-0.39, 0.29) is 5.92 Å². The molecule has 0 aliphatic heterocycles. The highest BCUT2D eigenvalue weighted by molar-refractivity contribution is 6.31. The number of nitrogens with zero attached hydrogens (tertiary/aromatic N) is 2. The molecule has 1 heterocycles. The second-order valence-electron chi connectivity index (χ2n) is 5.10. The Kier molecular flexibility index (Phi) is 4.53. The Labute approximate surface area is 129 Å². The van der Waals surface area contributed by atoms with Crippen LogP contribution in [0.4, 0.5) is 17.3 Å². The van der Waals surface area contributed by atoms with Crippen molar-refractivity contribution in [3.63, 3.8) is 0 Å². The highest BCUT2D eigenvalue weighted by Crippen LogP contribution is 2.35. The molecule has 112 valence electrons. The molecule has 0 aliphatic carbocycles. The summed E-state index contributed by atoms with van der Waals surface area (Å²) in [5.74, 6) is 2.01. The number of rotatable bonds is 4. The topological polar surface area (TPSA) is 73.1 Å². The molecule has 0 amide bonds. The van der Waals surface area contributed by atoms with Gasteiger partial charge in [-0.3, -0.25) is 0 Å². The number of hydrogen-bond donors (Lipinski definition) is 2. The predicted molar refractivity (Wildman–Crippen MR) is 86.6 cm³/mol. The molecule has 0 atom stereocenters. The molecule has 0 saturated carbocycles. The Morgan fingerprint density at radius 2 is 2.00 bits per heavy atom. The van der Waals surface area contributed by atoms with Gasteiger partial charge in [0, 0.05) is 16.7 Å². The molecule has 2 aromatic rings. The maximum Gasteiger partial charge on any atom is 0.143 e. The van der Waals surface area contributed by atoms with E-state index in [0.29, 0.717) is 22.4 Å². The normalized spacial score (nSPS) is 10.8. The maximum atomic E-state index is 6.12. The van der Waals surface area contributed by atoms with E-state index in [2.05, 4.69) is 15.3 Å². The summed E-state index contributed by atoms with van der Waals surface area (Å²) in [7, 11) is 1.60. The van der Waals surface area contributed by atoms with E-state index >= 15 is 0 Å². The fourth-order valence-corrected chi connectivity index (χ4v) is 2.29. The van der Waals surface area contributed by atoms with E-state index in [0.717, 1.165) is 16.8 Å². The fraction of sp³-hybridized carbons (Fsp3) is 0.333. The molecule has 1 aromatic carbocycles. The van der Waals surface area contributed by atoms with Crippen LogP contribution in [0.25, 0.3) is 0 Å². The number of nitrogens with two attached hydrogens (primary N) is 1. The summed E-state index contributed by atoms with van der Waals surface area (Å²) in [6.45, 7) is 6.03. The number of benzene rings is 1. The Balaban J connectivity index is 2.48. The average Bonchev–Trinajstić information content (AvgIpc) is 2.42. The van der Waals surface area contributed by atoms with Crippen molar-refractivity contribution in [2.24, 2.45) is 0 Å². The van der Waals surface area contributed by atoms with E-state index in [9.17, 15) is 0 Å². The van der Waals surface area contributed by atoms with Crippen molar-refractivity contribution >= 4 is 28.9 Å². The van der Waals surface area contributed by atoms with Crippen LogP contribution < -0.4 is 15.8 Å². The van der Waals surface area contributed by atoms with Gasteiger partial charge in [0.2, 0.25) is 0 Å². The van der Waals surface area contributed by atoms with Gasteiger partial charge in [-0.1, -0.05) is 25.4 Å². The van der Waals surface area contributed by atoms with E-state index in [1.54, 1.807) is 13.2 Å². The second kappa shape index (κ2) is 6.18. The number of nitrogens with one attached hydrogen (secondary N) is 1. The van der Waals surface area contributed by atoms with Gasteiger partial charge in [0.25, 0.3) is 0 Å². The summed E-state index contributed by atoms with van der Waals surface area (Å²) in [5.41, 5.74) is 8.58. The van der Waals surface area contributed by atoms with Crippen LogP contribution >= 0.6 is 11.6 Å². The molecule has 0 fully saturated rings. The van der Waals surface area contributed by atoms with Gasteiger partial charge in [-0.25, -0.2) is 9.97 Å². The molecule has 21 heavy (non-hydrogen) atoms. The van der Waals surface area contributed by atoms with Crippen molar-refractivity contribution in [2.45, 2.75) is 26.7 Å². The van der Waals surface area contributed by atoms with Crippen molar-refractivity contribution in [1.82, 2.24) is 9.97 Å². The van der Waals surface area contributed by atoms with Gasteiger partial charge < -0.3 is 15.8 Å². The third-order valence-corrected chi connectivity index (χ3v) is 3.63. The van der Waals surface area contributed by atoms with Crippen LogP contribution in [-0.4, -0.2) is 17.1 Å². The SMILES string of the molecule is COc1cc(Cl)c(C)cc1Nc1ncnc(N)c1C(C)C. The molecular formula is C15H19ClN4O. The van der Waals surface area contributed by atoms with Gasteiger partial charge >= 0.3 is 0 Å². The first-order valence-corrected chi connectivity index (χ1v) is 7.03. The Morgan fingerprint density at radius 1 is 1.29 bits per heavy atom. The number of aromatic nitrogens is 2. The summed E-state index contributed by atoms with van der Waals surface area (Å²) in [6, 6.07) is 3.70. The highest BCUT2D eigenvalue weighted by Gasteiger charge is 2.15. The summed E-state index contributed by atoms with van der Waals surface area (Å²) in [4.78, 5) is 8.34. The van der Waals surface area contributed by atoms with Crippen molar-refractivity contribution < 1.29 is 4.74 Å². The first-order valence-electron chi connectivity index (χ1n) is 6.65. The molecule has 2 rings (SSSR count). The van der Waals surface area contributed by atoms with Crippen molar-refractivity contribution in [3.05, 3.63) is 34.6 Å². The van der Waals surface area contributed by atoms with Crippen molar-refractivity contribution in [2.75, 3.05) is 18.2 Å². The molecule has 0 radical (unpaired) electrons. The van der Waals surface area contributed by atoms with E-state index < -0.39 is 0 Å². The molecule has 6 heteroatoms. The molecule has 1 aromatic heterocycles. The minimum absolute atomic E-state index is 0.202. The van der Waals surface area contributed by atoms with Gasteiger partial charge in [0.1, 0.15) is 23.7 Å². The number of ether oxygens (including phenoxy) is 1. The van der Waals surface area contributed by atoms with Gasteiger partial charge in [-0.15, -0.1) is 0 Å². The van der Waals surface area contributed by atoms with Crippen LogP contribution in [0, 0.1) is 6.92 Å². The van der Waals surface area contributed by atoms with E-state index in [4.69, 9.17) is 22.1 Å². The molecule has 0 saturated heterocycles. The monoisotopic (exact) mass is 306 g/mol. The largest absolute Gasteiger partial charge is 0.495 e. The smallest absolute Gasteiger partial charge is 0.143 e. The lowest BCUT2D eigenvalue weighted by molar-refractivity contribution is 0.416. The van der Waals surface area contributed by atoms with Gasteiger partial charge in [0.05, 0.1) is 12.8 Å². The lowest BCUT2D eigenvalue weighted by atomic mass is 10.0. The first-order chi connectivity index (χ1) is 9.93. The van der Waals surface area contributed by atoms with Gasteiger partial charge in [-0.2, -0.15) is 0 Å².